The van der Waals surface area contributed by atoms with Crippen LogP contribution in [0, 0.1) is 0 Å². The van der Waals surface area contributed by atoms with Crippen LogP contribution in [0.15, 0.2) is 30.3 Å². The molecule has 1 aromatic carbocycles. The molecular formula is C13H16OS. The van der Waals surface area contributed by atoms with E-state index < -0.39 is 0 Å². The highest BCUT2D eigenvalue weighted by Crippen LogP contribution is 2.34. The van der Waals surface area contributed by atoms with Crippen molar-refractivity contribution in [3.63, 3.8) is 0 Å². The highest BCUT2D eigenvalue weighted by molar-refractivity contribution is 7.99. The van der Waals surface area contributed by atoms with Crippen LogP contribution in [0.1, 0.15) is 30.7 Å². The monoisotopic (exact) mass is 220 g/mol. The first-order valence-electron chi connectivity index (χ1n) is 5.44. The Bertz CT molecular complexity index is 334. The van der Waals surface area contributed by atoms with Crippen molar-refractivity contribution in [2.75, 3.05) is 6.26 Å². The molecule has 0 saturated heterocycles. The highest BCUT2D eigenvalue weighted by atomic mass is 32.2. The predicted molar refractivity (Wildman–Crippen MR) is 65.3 cm³/mol. The molecule has 0 amide bonds. The van der Waals surface area contributed by atoms with Gasteiger partial charge in [0.1, 0.15) is 0 Å². The number of hydrogen-bond acceptors (Lipinski definition) is 2. The molecule has 0 unspecified atom stereocenters. The predicted octanol–water partition coefficient (Wildman–Crippen LogP) is 3.25. The first-order valence-corrected chi connectivity index (χ1v) is 6.73. The van der Waals surface area contributed by atoms with Crippen molar-refractivity contribution in [3.8, 4) is 0 Å². The van der Waals surface area contributed by atoms with Crippen LogP contribution in [-0.4, -0.2) is 17.3 Å². The topological polar surface area (TPSA) is 17.1 Å². The first kappa shape index (κ1) is 10.7. The van der Waals surface area contributed by atoms with Gasteiger partial charge in [0.2, 0.25) is 0 Å². The Balaban J connectivity index is 2.19. The first-order chi connectivity index (χ1) is 7.33. The Kier molecular flexibility index (Phi) is 3.47. The molecule has 0 radical (unpaired) electrons. The number of rotatable bonds is 2. The van der Waals surface area contributed by atoms with E-state index >= 15 is 0 Å². The van der Waals surface area contributed by atoms with E-state index in [0.29, 0.717) is 5.78 Å². The number of Topliss-reactive ketones (excluding diaryl/α,β-unsaturated/α-hetero) is 1. The third kappa shape index (κ3) is 2.25. The smallest absolute Gasteiger partial charge is 0.153 e. The lowest BCUT2D eigenvalue weighted by Gasteiger charge is -2.26. The maximum atomic E-state index is 12.1. The van der Waals surface area contributed by atoms with Gasteiger partial charge < -0.3 is 0 Å². The lowest BCUT2D eigenvalue weighted by atomic mass is 9.83. The molecule has 1 aliphatic carbocycles. The van der Waals surface area contributed by atoms with Crippen molar-refractivity contribution >= 4 is 17.5 Å². The van der Waals surface area contributed by atoms with Crippen LogP contribution in [0.4, 0.5) is 0 Å². The minimum atomic E-state index is 0.150. The number of thioether (sulfide) groups is 1. The molecule has 2 heteroatoms. The van der Waals surface area contributed by atoms with E-state index in [0.717, 1.165) is 12.8 Å². The normalized spacial score (nSPS) is 26.6. The van der Waals surface area contributed by atoms with Crippen LogP contribution in [-0.2, 0) is 4.79 Å². The van der Waals surface area contributed by atoms with Gasteiger partial charge in [-0.25, -0.2) is 0 Å². The van der Waals surface area contributed by atoms with Crippen molar-refractivity contribution in [2.45, 2.75) is 30.4 Å². The van der Waals surface area contributed by atoms with Crippen molar-refractivity contribution < 1.29 is 4.79 Å². The van der Waals surface area contributed by atoms with Gasteiger partial charge in [-0.2, -0.15) is 11.8 Å². The van der Waals surface area contributed by atoms with Gasteiger partial charge in [0.25, 0.3) is 0 Å². The fourth-order valence-electron chi connectivity index (χ4n) is 2.27. The van der Waals surface area contributed by atoms with Crippen molar-refractivity contribution in [1.82, 2.24) is 0 Å². The Hall–Kier alpha value is -0.760. The molecule has 1 aromatic rings. The molecule has 80 valence electrons. The number of hydrogen-bond donors (Lipinski definition) is 0. The summed E-state index contributed by atoms with van der Waals surface area (Å²) in [4.78, 5) is 12.1. The summed E-state index contributed by atoms with van der Waals surface area (Å²) in [5.74, 6) is 0.581. The summed E-state index contributed by atoms with van der Waals surface area (Å²) in [6, 6.07) is 10.2. The maximum absolute atomic E-state index is 12.1. The summed E-state index contributed by atoms with van der Waals surface area (Å²) in [7, 11) is 0. The SMILES string of the molecule is CS[C@H]1CCC[C@@H](c2ccccc2)C1=O. The molecule has 0 heterocycles. The third-order valence-electron chi connectivity index (χ3n) is 3.11. The van der Waals surface area contributed by atoms with E-state index in [2.05, 4.69) is 12.1 Å². The van der Waals surface area contributed by atoms with Gasteiger partial charge in [0.15, 0.2) is 5.78 Å². The van der Waals surface area contributed by atoms with Crippen molar-refractivity contribution in [3.05, 3.63) is 35.9 Å². The van der Waals surface area contributed by atoms with Crippen LogP contribution >= 0.6 is 11.8 Å². The molecule has 0 spiro atoms. The number of carbonyl (C=O) groups is 1. The second-order valence-electron chi connectivity index (χ2n) is 4.02. The second-order valence-corrected chi connectivity index (χ2v) is 5.06. The summed E-state index contributed by atoms with van der Waals surface area (Å²) in [6.45, 7) is 0. The average molecular weight is 220 g/mol. The summed E-state index contributed by atoms with van der Waals surface area (Å²) >= 11 is 1.70. The fourth-order valence-corrected chi connectivity index (χ4v) is 3.07. The van der Waals surface area contributed by atoms with Gasteiger partial charge in [0.05, 0.1) is 5.25 Å². The summed E-state index contributed by atoms with van der Waals surface area (Å²) in [5, 5.41) is 0.226. The van der Waals surface area contributed by atoms with E-state index in [1.165, 1.54) is 12.0 Å². The zero-order chi connectivity index (χ0) is 10.7. The van der Waals surface area contributed by atoms with Gasteiger partial charge in [0, 0.05) is 5.92 Å². The minimum Gasteiger partial charge on any atom is -0.298 e. The van der Waals surface area contributed by atoms with Gasteiger partial charge in [-0.1, -0.05) is 36.8 Å². The van der Waals surface area contributed by atoms with E-state index in [-0.39, 0.29) is 11.2 Å². The van der Waals surface area contributed by atoms with Gasteiger partial charge in [-0.3, -0.25) is 4.79 Å². The lowest BCUT2D eigenvalue weighted by Crippen LogP contribution is -2.28. The molecule has 2 rings (SSSR count). The summed E-state index contributed by atoms with van der Waals surface area (Å²) in [6.07, 6.45) is 5.30. The fraction of sp³-hybridized carbons (Fsp3) is 0.462. The largest absolute Gasteiger partial charge is 0.298 e. The molecule has 1 saturated carbocycles. The summed E-state index contributed by atoms with van der Waals surface area (Å²) in [5.41, 5.74) is 1.20. The molecule has 2 atom stereocenters. The van der Waals surface area contributed by atoms with Crippen LogP contribution in [0.3, 0.4) is 0 Å². The minimum absolute atomic E-state index is 0.150. The second kappa shape index (κ2) is 4.84. The zero-order valence-electron chi connectivity index (χ0n) is 8.98. The highest BCUT2D eigenvalue weighted by Gasteiger charge is 2.31. The number of ketones is 1. The molecule has 1 nitrogen and oxygen atoms in total. The Morgan fingerprint density at radius 3 is 2.60 bits per heavy atom. The summed E-state index contributed by atoms with van der Waals surface area (Å²) < 4.78 is 0. The third-order valence-corrected chi connectivity index (χ3v) is 4.14. The molecule has 0 bridgehead atoms. The molecule has 15 heavy (non-hydrogen) atoms. The number of carbonyl (C=O) groups excluding carboxylic acids is 1. The van der Waals surface area contributed by atoms with Gasteiger partial charge >= 0.3 is 0 Å². The molecule has 0 aliphatic heterocycles. The molecule has 1 aliphatic rings. The van der Waals surface area contributed by atoms with Crippen molar-refractivity contribution in [1.29, 1.82) is 0 Å². The molecule has 0 N–H and O–H groups in total. The quantitative estimate of drug-likeness (QED) is 0.761. The van der Waals surface area contributed by atoms with Crippen LogP contribution < -0.4 is 0 Å². The van der Waals surface area contributed by atoms with E-state index in [1.807, 2.05) is 24.5 Å². The lowest BCUT2D eigenvalue weighted by molar-refractivity contribution is -0.121. The number of benzene rings is 1. The Morgan fingerprint density at radius 1 is 1.20 bits per heavy atom. The average Bonchev–Trinajstić information content (AvgIpc) is 2.30. The zero-order valence-corrected chi connectivity index (χ0v) is 9.80. The Labute approximate surface area is 95.3 Å². The van der Waals surface area contributed by atoms with Crippen LogP contribution in [0.25, 0.3) is 0 Å². The van der Waals surface area contributed by atoms with Crippen molar-refractivity contribution in [2.24, 2.45) is 0 Å². The van der Waals surface area contributed by atoms with E-state index in [4.69, 9.17) is 0 Å². The van der Waals surface area contributed by atoms with Crippen LogP contribution in [0.5, 0.6) is 0 Å². The molecule has 0 aromatic heterocycles. The van der Waals surface area contributed by atoms with E-state index in [1.54, 1.807) is 11.8 Å². The molecular weight excluding hydrogens is 204 g/mol. The van der Waals surface area contributed by atoms with E-state index in [9.17, 15) is 4.79 Å². The maximum Gasteiger partial charge on any atom is 0.153 e. The Morgan fingerprint density at radius 2 is 1.93 bits per heavy atom. The standard InChI is InChI=1S/C13H16OS/c1-15-12-9-5-8-11(13(12)14)10-6-3-2-4-7-10/h2-4,6-7,11-12H,5,8-9H2,1H3/t11-,12-/m0/s1. The van der Waals surface area contributed by atoms with Gasteiger partial charge in [-0.15, -0.1) is 0 Å². The molecule has 1 fully saturated rings. The van der Waals surface area contributed by atoms with Crippen LogP contribution in [0.2, 0.25) is 0 Å². The van der Waals surface area contributed by atoms with Gasteiger partial charge in [-0.05, 0) is 24.7 Å².